The van der Waals surface area contributed by atoms with E-state index in [1.54, 1.807) is 30.7 Å². The van der Waals surface area contributed by atoms with E-state index >= 15 is 0 Å². The number of halogens is 2. The number of carbonyl (C=O) groups excluding carboxylic acids is 1. The normalized spacial score (nSPS) is 10.8. The summed E-state index contributed by atoms with van der Waals surface area (Å²) in [4.78, 5) is 16.5. The number of alkyl halides is 2. The van der Waals surface area contributed by atoms with E-state index in [-0.39, 0.29) is 10.8 Å². The first-order chi connectivity index (χ1) is 12.5. The average molecular weight is 380 g/mol. The van der Waals surface area contributed by atoms with Crippen LogP contribution in [0.4, 0.5) is 13.9 Å². The number of ether oxygens (including phenoxy) is 2. The van der Waals surface area contributed by atoms with Crippen LogP contribution in [0.25, 0.3) is 11.3 Å². The lowest BCUT2D eigenvalue weighted by atomic mass is 10.1. The number of anilines is 1. The van der Waals surface area contributed by atoms with E-state index in [9.17, 15) is 13.6 Å². The molecule has 1 aromatic carbocycles. The Hall–Kier alpha value is -3.01. The second kappa shape index (κ2) is 7.48. The highest BCUT2D eigenvalue weighted by molar-refractivity contribution is 7.14. The van der Waals surface area contributed by atoms with Crippen molar-refractivity contribution >= 4 is 22.4 Å². The first-order valence-corrected chi connectivity index (χ1v) is 8.22. The maximum absolute atomic E-state index is 12.8. The molecule has 0 saturated carbocycles. The lowest BCUT2D eigenvalue weighted by molar-refractivity contribution is 0.0520. The molecule has 0 aliphatic carbocycles. The Morgan fingerprint density at radius 1 is 1.27 bits per heavy atom. The van der Waals surface area contributed by atoms with Crippen LogP contribution >= 0.6 is 11.3 Å². The van der Waals surface area contributed by atoms with E-state index in [4.69, 9.17) is 9.47 Å². The fourth-order valence-electron chi connectivity index (χ4n) is 2.28. The van der Waals surface area contributed by atoms with E-state index in [0.717, 1.165) is 17.5 Å². The van der Waals surface area contributed by atoms with Gasteiger partial charge in [0, 0.05) is 17.1 Å². The molecule has 0 aliphatic rings. The van der Waals surface area contributed by atoms with Gasteiger partial charge in [-0.15, -0.1) is 11.3 Å². The molecule has 2 heterocycles. The Kier molecular flexibility index (Phi) is 5.12. The van der Waals surface area contributed by atoms with Crippen molar-refractivity contribution in [1.29, 1.82) is 0 Å². The van der Waals surface area contributed by atoms with Crippen LogP contribution in [0.3, 0.4) is 0 Å². The summed E-state index contributed by atoms with van der Waals surface area (Å²) in [7, 11) is 3.08. The van der Waals surface area contributed by atoms with Gasteiger partial charge in [-0.2, -0.15) is 18.6 Å². The van der Waals surface area contributed by atoms with Crippen molar-refractivity contribution in [2.24, 2.45) is 0 Å². The van der Waals surface area contributed by atoms with Crippen molar-refractivity contribution in [2.45, 2.75) is 6.55 Å². The minimum atomic E-state index is -2.90. The zero-order chi connectivity index (χ0) is 18.7. The molecular weight excluding hydrogens is 366 g/mol. The van der Waals surface area contributed by atoms with Crippen LogP contribution in [0.15, 0.2) is 35.8 Å². The van der Waals surface area contributed by atoms with E-state index in [1.165, 1.54) is 13.2 Å². The van der Waals surface area contributed by atoms with E-state index in [1.807, 2.05) is 0 Å². The number of thiazole rings is 1. The Bertz CT molecular complexity index is 926. The highest BCUT2D eigenvalue weighted by Crippen LogP contribution is 2.35. The number of hydrogen-bond acceptors (Lipinski definition) is 6. The standard InChI is InChI=1S/C16H14F2N4O3S/c1-24-9-3-4-13(25-2)10(7-9)11-8-26-16(20-11)21-14(23)12-5-6-19-22(12)15(17)18/h3-8,15H,1-2H3,(H,20,21,23). The molecule has 3 rings (SSSR count). The zero-order valence-electron chi connectivity index (χ0n) is 13.8. The Morgan fingerprint density at radius 2 is 2.08 bits per heavy atom. The summed E-state index contributed by atoms with van der Waals surface area (Å²) in [5, 5.41) is 7.91. The van der Waals surface area contributed by atoms with Crippen molar-refractivity contribution in [2.75, 3.05) is 19.5 Å². The van der Waals surface area contributed by atoms with Crippen molar-refractivity contribution in [3.8, 4) is 22.8 Å². The summed E-state index contributed by atoms with van der Waals surface area (Å²) < 4.78 is 36.5. The van der Waals surface area contributed by atoms with Crippen LogP contribution in [0.5, 0.6) is 11.5 Å². The van der Waals surface area contributed by atoms with Crippen molar-refractivity contribution in [1.82, 2.24) is 14.8 Å². The van der Waals surface area contributed by atoms with Gasteiger partial charge in [0.1, 0.15) is 17.2 Å². The van der Waals surface area contributed by atoms with Gasteiger partial charge in [0.2, 0.25) is 0 Å². The number of benzene rings is 1. The van der Waals surface area contributed by atoms with Gasteiger partial charge < -0.3 is 9.47 Å². The minimum Gasteiger partial charge on any atom is -0.497 e. The maximum Gasteiger partial charge on any atom is 0.333 e. The molecular formula is C16H14F2N4O3S. The number of hydrogen-bond donors (Lipinski definition) is 1. The predicted molar refractivity (Wildman–Crippen MR) is 92.1 cm³/mol. The van der Waals surface area contributed by atoms with Gasteiger partial charge in [-0.25, -0.2) is 4.98 Å². The molecule has 136 valence electrons. The number of nitrogens with one attached hydrogen (secondary N) is 1. The fourth-order valence-corrected chi connectivity index (χ4v) is 2.99. The lowest BCUT2D eigenvalue weighted by Gasteiger charge is -2.08. The first-order valence-electron chi connectivity index (χ1n) is 7.34. The summed E-state index contributed by atoms with van der Waals surface area (Å²) >= 11 is 1.16. The van der Waals surface area contributed by atoms with E-state index < -0.39 is 12.5 Å². The summed E-state index contributed by atoms with van der Waals surface area (Å²) in [6.45, 7) is -2.90. The zero-order valence-corrected chi connectivity index (χ0v) is 14.6. The summed E-state index contributed by atoms with van der Waals surface area (Å²) in [5.74, 6) is 0.492. The van der Waals surface area contributed by atoms with Crippen molar-refractivity contribution in [3.05, 3.63) is 41.5 Å². The molecule has 0 unspecified atom stereocenters. The maximum atomic E-state index is 12.8. The lowest BCUT2D eigenvalue weighted by Crippen LogP contribution is -2.18. The molecule has 26 heavy (non-hydrogen) atoms. The topological polar surface area (TPSA) is 78.3 Å². The highest BCUT2D eigenvalue weighted by Gasteiger charge is 2.19. The number of rotatable bonds is 6. The number of aromatic nitrogens is 3. The van der Waals surface area contributed by atoms with Gasteiger partial charge in [-0.1, -0.05) is 0 Å². The second-order valence-electron chi connectivity index (χ2n) is 5.00. The molecule has 0 aliphatic heterocycles. The van der Waals surface area contributed by atoms with Gasteiger partial charge >= 0.3 is 6.55 Å². The van der Waals surface area contributed by atoms with Crippen molar-refractivity contribution in [3.63, 3.8) is 0 Å². The van der Waals surface area contributed by atoms with Crippen LogP contribution in [-0.2, 0) is 0 Å². The summed E-state index contributed by atoms with van der Waals surface area (Å²) in [6, 6.07) is 6.46. The Labute approximate surface area is 151 Å². The minimum absolute atomic E-state index is 0.254. The smallest absolute Gasteiger partial charge is 0.333 e. The van der Waals surface area contributed by atoms with Gasteiger partial charge in [0.05, 0.1) is 19.9 Å². The van der Waals surface area contributed by atoms with Gasteiger partial charge in [-0.05, 0) is 24.3 Å². The number of amides is 1. The average Bonchev–Trinajstić information content (AvgIpc) is 3.30. The predicted octanol–water partition coefficient (Wildman–Crippen LogP) is 3.67. The molecule has 1 amide bonds. The molecule has 0 radical (unpaired) electrons. The Morgan fingerprint density at radius 3 is 2.77 bits per heavy atom. The van der Waals surface area contributed by atoms with E-state index in [2.05, 4.69) is 15.4 Å². The molecule has 0 saturated heterocycles. The molecule has 7 nitrogen and oxygen atoms in total. The Balaban J connectivity index is 1.84. The molecule has 10 heteroatoms. The van der Waals surface area contributed by atoms with E-state index in [0.29, 0.717) is 27.4 Å². The molecule has 1 N–H and O–H groups in total. The van der Waals surface area contributed by atoms with Crippen LogP contribution in [-0.4, -0.2) is 34.9 Å². The van der Waals surface area contributed by atoms with Gasteiger partial charge in [0.15, 0.2) is 5.13 Å². The number of carbonyl (C=O) groups is 1. The third kappa shape index (κ3) is 3.49. The first kappa shape index (κ1) is 17.8. The van der Waals surface area contributed by atoms with Gasteiger partial charge in [0.25, 0.3) is 5.91 Å². The molecule has 3 aromatic rings. The summed E-state index contributed by atoms with van der Waals surface area (Å²) in [6.07, 6.45) is 1.13. The van der Waals surface area contributed by atoms with Crippen LogP contribution in [0.2, 0.25) is 0 Å². The monoisotopic (exact) mass is 380 g/mol. The third-order valence-corrected chi connectivity index (χ3v) is 4.25. The molecule has 0 bridgehead atoms. The molecule has 0 spiro atoms. The molecule has 2 aromatic heterocycles. The molecule has 0 fully saturated rings. The number of nitrogens with zero attached hydrogens (tertiary/aromatic N) is 3. The number of methoxy groups -OCH3 is 2. The SMILES string of the molecule is COc1ccc(OC)c(-c2csc(NC(=O)c3ccnn3C(F)F)n2)c1. The van der Waals surface area contributed by atoms with Crippen molar-refractivity contribution < 1.29 is 23.0 Å². The summed E-state index contributed by atoms with van der Waals surface area (Å²) in [5.41, 5.74) is 0.986. The fraction of sp³-hybridized carbons (Fsp3) is 0.188. The van der Waals surface area contributed by atoms with Crippen LogP contribution in [0, 0.1) is 0 Å². The van der Waals surface area contributed by atoms with Crippen LogP contribution < -0.4 is 14.8 Å². The highest BCUT2D eigenvalue weighted by atomic mass is 32.1. The van der Waals surface area contributed by atoms with Gasteiger partial charge in [-0.3, -0.25) is 10.1 Å². The quantitative estimate of drug-likeness (QED) is 0.706. The second-order valence-corrected chi connectivity index (χ2v) is 5.86. The van der Waals surface area contributed by atoms with Crippen LogP contribution in [0.1, 0.15) is 17.0 Å². The largest absolute Gasteiger partial charge is 0.497 e. The molecule has 0 atom stereocenters. The third-order valence-electron chi connectivity index (χ3n) is 3.50.